The summed E-state index contributed by atoms with van der Waals surface area (Å²) < 4.78 is 4.96. The number of rotatable bonds is 4. The van der Waals surface area contributed by atoms with Crippen LogP contribution in [0.3, 0.4) is 0 Å². The van der Waals surface area contributed by atoms with Crippen molar-refractivity contribution in [3.05, 3.63) is 12.2 Å². The molecule has 0 aromatic rings. The van der Waals surface area contributed by atoms with E-state index in [1.807, 2.05) is 0 Å². The SMILES string of the molecule is C=C1C[C@H](C(=O)N[B]C)[C@@H](C(=O)OCC)C1. The van der Waals surface area contributed by atoms with Gasteiger partial charge in [0, 0.05) is 0 Å². The van der Waals surface area contributed by atoms with E-state index in [0.717, 1.165) is 5.57 Å². The Morgan fingerprint density at radius 1 is 1.50 bits per heavy atom. The van der Waals surface area contributed by atoms with Gasteiger partial charge in [-0.2, -0.15) is 0 Å². The molecule has 87 valence electrons. The molecular formula is C11H17BNO3. The first-order valence-corrected chi connectivity index (χ1v) is 5.51. The van der Waals surface area contributed by atoms with Gasteiger partial charge in [-0.25, -0.2) is 0 Å². The van der Waals surface area contributed by atoms with Crippen molar-refractivity contribution in [3.63, 3.8) is 0 Å². The molecule has 0 bridgehead atoms. The molecule has 0 spiro atoms. The van der Waals surface area contributed by atoms with Crippen molar-refractivity contribution in [2.75, 3.05) is 6.61 Å². The maximum absolute atomic E-state index is 11.7. The van der Waals surface area contributed by atoms with Crippen LogP contribution in [0.25, 0.3) is 0 Å². The molecule has 0 heterocycles. The van der Waals surface area contributed by atoms with Gasteiger partial charge in [0.25, 0.3) is 0 Å². The fraction of sp³-hybridized carbons (Fsp3) is 0.636. The normalized spacial score (nSPS) is 24.0. The lowest BCUT2D eigenvalue weighted by Gasteiger charge is -2.16. The van der Waals surface area contributed by atoms with Gasteiger partial charge in [0.1, 0.15) is 0 Å². The molecule has 1 saturated carbocycles. The van der Waals surface area contributed by atoms with Gasteiger partial charge < -0.3 is 9.96 Å². The maximum atomic E-state index is 11.7. The van der Waals surface area contributed by atoms with Gasteiger partial charge in [-0.3, -0.25) is 9.59 Å². The number of esters is 1. The molecule has 0 aliphatic heterocycles. The van der Waals surface area contributed by atoms with E-state index in [0.29, 0.717) is 19.4 Å². The lowest BCUT2D eigenvalue weighted by molar-refractivity contribution is -0.151. The predicted octanol–water partition coefficient (Wildman–Crippen LogP) is 0.915. The summed E-state index contributed by atoms with van der Waals surface area (Å²) in [7, 11) is 1.58. The average molecular weight is 222 g/mol. The topological polar surface area (TPSA) is 55.4 Å². The molecule has 2 atom stereocenters. The molecule has 5 heteroatoms. The zero-order valence-corrected chi connectivity index (χ0v) is 9.79. The molecule has 0 aromatic heterocycles. The van der Waals surface area contributed by atoms with Crippen LogP contribution in [-0.4, -0.2) is 25.9 Å². The van der Waals surface area contributed by atoms with E-state index >= 15 is 0 Å². The number of amides is 1. The minimum absolute atomic E-state index is 0.126. The van der Waals surface area contributed by atoms with Crippen LogP contribution in [0.4, 0.5) is 0 Å². The number of hydrogen-bond acceptors (Lipinski definition) is 3. The molecule has 0 saturated heterocycles. The molecule has 1 radical (unpaired) electrons. The molecule has 0 aromatic carbocycles. The van der Waals surface area contributed by atoms with E-state index in [1.54, 1.807) is 21.2 Å². The predicted molar refractivity (Wildman–Crippen MR) is 61.7 cm³/mol. The molecule has 1 amide bonds. The third-order valence-corrected chi connectivity index (χ3v) is 2.72. The van der Waals surface area contributed by atoms with E-state index in [1.165, 1.54) is 0 Å². The number of carbonyl (C=O) groups is 2. The van der Waals surface area contributed by atoms with Crippen molar-refractivity contribution in [1.82, 2.24) is 5.23 Å². The van der Waals surface area contributed by atoms with Crippen molar-refractivity contribution < 1.29 is 14.3 Å². The van der Waals surface area contributed by atoms with Gasteiger partial charge >= 0.3 is 5.97 Å². The van der Waals surface area contributed by atoms with E-state index in [-0.39, 0.29) is 23.7 Å². The Morgan fingerprint density at radius 3 is 2.69 bits per heavy atom. The van der Waals surface area contributed by atoms with Gasteiger partial charge in [0.2, 0.25) is 13.3 Å². The van der Waals surface area contributed by atoms with Crippen molar-refractivity contribution in [3.8, 4) is 0 Å². The highest BCUT2D eigenvalue weighted by atomic mass is 16.5. The molecule has 1 aliphatic rings. The lowest BCUT2D eigenvalue weighted by Crippen LogP contribution is -2.36. The molecular weight excluding hydrogens is 205 g/mol. The maximum Gasteiger partial charge on any atom is 0.310 e. The van der Waals surface area contributed by atoms with Gasteiger partial charge in [0.15, 0.2) is 0 Å². The van der Waals surface area contributed by atoms with Crippen molar-refractivity contribution in [2.45, 2.75) is 26.6 Å². The Bertz CT molecular complexity index is 276. The largest absolute Gasteiger partial charge is 0.466 e. The fourth-order valence-electron chi connectivity index (χ4n) is 2.01. The summed E-state index contributed by atoms with van der Waals surface area (Å²) in [6, 6.07) is 0. The first-order valence-electron chi connectivity index (χ1n) is 5.51. The highest BCUT2D eigenvalue weighted by molar-refractivity contribution is 6.35. The van der Waals surface area contributed by atoms with Gasteiger partial charge in [0.05, 0.1) is 18.4 Å². The van der Waals surface area contributed by atoms with E-state index in [4.69, 9.17) is 4.74 Å². The number of nitrogens with one attached hydrogen (secondary N) is 1. The Hall–Kier alpha value is -1.26. The third-order valence-electron chi connectivity index (χ3n) is 2.72. The molecule has 1 fully saturated rings. The van der Waals surface area contributed by atoms with Crippen molar-refractivity contribution in [1.29, 1.82) is 0 Å². The number of carbonyl (C=O) groups excluding carboxylic acids is 2. The standard InChI is InChI=1S/C11H17BNO3/c1-4-16-11(15)9-6-7(2)5-8(9)10(14)13-12-3/h8-9H,2,4-6H2,1,3H3,(H,13,14)/t8-,9-/m0/s1. The quantitative estimate of drug-likeness (QED) is 0.437. The minimum atomic E-state index is -0.368. The van der Waals surface area contributed by atoms with Crippen LogP contribution in [-0.2, 0) is 14.3 Å². The van der Waals surface area contributed by atoms with Crippen LogP contribution < -0.4 is 5.23 Å². The summed E-state index contributed by atoms with van der Waals surface area (Å²) in [5, 5.41) is 2.62. The zero-order valence-electron chi connectivity index (χ0n) is 9.79. The highest BCUT2D eigenvalue weighted by Crippen LogP contribution is 2.35. The summed E-state index contributed by atoms with van der Waals surface area (Å²) in [6.07, 6.45) is 1.13. The smallest absolute Gasteiger partial charge is 0.310 e. The second kappa shape index (κ2) is 5.73. The van der Waals surface area contributed by atoms with Gasteiger partial charge in [-0.15, -0.1) is 0 Å². The molecule has 16 heavy (non-hydrogen) atoms. The van der Waals surface area contributed by atoms with Gasteiger partial charge in [-0.05, 0) is 19.8 Å². The fourth-order valence-corrected chi connectivity index (χ4v) is 2.01. The Morgan fingerprint density at radius 2 is 2.12 bits per heavy atom. The number of hydrogen-bond donors (Lipinski definition) is 1. The summed E-state index contributed by atoms with van der Waals surface area (Å²) in [5.74, 6) is -1.12. The second-order valence-corrected chi connectivity index (χ2v) is 3.92. The molecule has 0 unspecified atom stereocenters. The van der Waals surface area contributed by atoms with Crippen LogP contribution >= 0.6 is 0 Å². The Labute approximate surface area is 96.7 Å². The summed E-state index contributed by atoms with van der Waals surface area (Å²) in [6.45, 7) is 7.68. The number of ether oxygens (including phenoxy) is 1. The molecule has 1 rings (SSSR count). The highest BCUT2D eigenvalue weighted by Gasteiger charge is 2.40. The Kier molecular flexibility index (Phi) is 4.59. The zero-order chi connectivity index (χ0) is 12.1. The third kappa shape index (κ3) is 2.87. The van der Waals surface area contributed by atoms with Crippen LogP contribution in [0.15, 0.2) is 12.2 Å². The average Bonchev–Trinajstić information content (AvgIpc) is 2.61. The molecule has 4 nitrogen and oxygen atoms in total. The lowest BCUT2D eigenvalue weighted by atomic mass is 9.91. The van der Waals surface area contributed by atoms with Crippen molar-refractivity contribution in [2.24, 2.45) is 11.8 Å². The summed E-state index contributed by atoms with van der Waals surface area (Å²) >= 11 is 0. The summed E-state index contributed by atoms with van der Waals surface area (Å²) in [4.78, 5) is 23.4. The summed E-state index contributed by atoms with van der Waals surface area (Å²) in [5.41, 5.74) is 0.939. The Balaban J connectivity index is 2.69. The van der Waals surface area contributed by atoms with E-state index in [9.17, 15) is 9.59 Å². The van der Waals surface area contributed by atoms with Crippen LogP contribution in [0.1, 0.15) is 19.8 Å². The monoisotopic (exact) mass is 222 g/mol. The second-order valence-electron chi connectivity index (χ2n) is 3.92. The van der Waals surface area contributed by atoms with Gasteiger partial charge in [-0.1, -0.05) is 19.0 Å². The first kappa shape index (κ1) is 12.8. The first-order chi connectivity index (χ1) is 7.60. The number of allylic oxidation sites excluding steroid dienone is 1. The minimum Gasteiger partial charge on any atom is -0.466 e. The molecule has 1 N–H and O–H groups in total. The van der Waals surface area contributed by atoms with Crippen LogP contribution in [0, 0.1) is 11.8 Å². The van der Waals surface area contributed by atoms with E-state index < -0.39 is 0 Å². The van der Waals surface area contributed by atoms with Crippen molar-refractivity contribution >= 4 is 19.3 Å². The van der Waals surface area contributed by atoms with Crippen LogP contribution in [0.5, 0.6) is 0 Å². The van der Waals surface area contributed by atoms with E-state index in [2.05, 4.69) is 11.8 Å². The molecule has 1 aliphatic carbocycles. The van der Waals surface area contributed by atoms with Crippen LogP contribution in [0.2, 0.25) is 6.82 Å².